The fourth-order valence-electron chi connectivity index (χ4n) is 3.30. The van der Waals surface area contributed by atoms with Crippen LogP contribution in [0.2, 0.25) is 10.0 Å². The molecule has 0 aliphatic rings. The lowest BCUT2D eigenvalue weighted by molar-refractivity contribution is -0.110. The van der Waals surface area contributed by atoms with E-state index in [0.29, 0.717) is 38.5 Å². The van der Waals surface area contributed by atoms with Crippen LogP contribution in [0, 0.1) is 5.41 Å². The summed E-state index contributed by atoms with van der Waals surface area (Å²) >= 11 is 12.4. The van der Waals surface area contributed by atoms with E-state index in [1.165, 1.54) is 38.1 Å². The molecule has 1 amide bonds. The van der Waals surface area contributed by atoms with Gasteiger partial charge in [0.15, 0.2) is 0 Å². The van der Waals surface area contributed by atoms with Crippen molar-refractivity contribution in [3.05, 3.63) is 70.0 Å². The number of amides is 1. The predicted molar refractivity (Wildman–Crippen MR) is 145 cm³/mol. The van der Waals surface area contributed by atoms with Gasteiger partial charge in [0.25, 0.3) is 5.91 Å². The zero-order valence-electron chi connectivity index (χ0n) is 20.0. The number of rotatable bonds is 8. The van der Waals surface area contributed by atoms with Crippen LogP contribution < -0.4 is 20.5 Å². The lowest BCUT2D eigenvalue weighted by atomic mass is 10.1. The molecule has 12 heteroatoms. The maximum Gasteiger partial charge on any atom is 0.274 e. The molecule has 1 atom stereocenters. The molecule has 1 heterocycles. The second-order valence-corrected chi connectivity index (χ2v) is 11.4. The first kappa shape index (κ1) is 27.3. The zero-order valence-corrected chi connectivity index (χ0v) is 22.3. The summed E-state index contributed by atoms with van der Waals surface area (Å²) in [7, 11) is -0.946. The minimum atomic E-state index is -2.37. The van der Waals surface area contributed by atoms with Gasteiger partial charge in [0, 0.05) is 57.5 Å². The number of aromatic nitrogens is 1. The number of ether oxygens (including phenoxy) is 2. The highest BCUT2D eigenvalue weighted by Crippen LogP contribution is 2.34. The molecule has 2 aromatic carbocycles. The highest BCUT2D eigenvalue weighted by Gasteiger charge is 2.20. The fraction of sp³-hybridized carbons (Fsp3) is 0.208. The lowest BCUT2D eigenvalue weighted by Gasteiger charge is -2.18. The van der Waals surface area contributed by atoms with Crippen molar-refractivity contribution in [2.24, 2.45) is 4.36 Å². The van der Waals surface area contributed by atoms with Crippen LogP contribution in [0.15, 0.2) is 53.2 Å². The second-order valence-electron chi connectivity index (χ2n) is 8.01. The number of anilines is 2. The maximum atomic E-state index is 12.9. The lowest BCUT2D eigenvalue weighted by Crippen LogP contribution is -2.24. The molecule has 3 aromatic rings. The van der Waals surface area contributed by atoms with E-state index in [4.69, 9.17) is 43.8 Å². The number of nitrogens with two attached hydrogens (primary N) is 1. The summed E-state index contributed by atoms with van der Waals surface area (Å²) in [4.78, 5) is 16.8. The highest BCUT2D eigenvalue weighted by molar-refractivity contribution is 7.92. The van der Waals surface area contributed by atoms with Crippen LogP contribution in [0.25, 0.3) is 0 Å². The number of hydrogen-bond donors (Lipinski definition) is 3. The number of nitrogens with zero attached hydrogens (tertiary/aromatic N) is 2. The van der Waals surface area contributed by atoms with Crippen molar-refractivity contribution in [2.45, 2.75) is 13.0 Å². The number of benzene rings is 2. The predicted octanol–water partition coefficient (Wildman–Crippen LogP) is 5.48. The van der Waals surface area contributed by atoms with Gasteiger partial charge in [0.1, 0.15) is 23.3 Å². The SMILES string of the molecule is COc1cc(N=S(C)(C)=O)ccc1NC(=O)C(=N)c1cc(OC(C)c2c(Cl)cncc2Cl)ccc1N. The number of carbonyl (C=O) groups is 1. The molecule has 0 fully saturated rings. The molecule has 0 bridgehead atoms. The van der Waals surface area contributed by atoms with E-state index in [-0.39, 0.29) is 17.0 Å². The van der Waals surface area contributed by atoms with Gasteiger partial charge in [-0.1, -0.05) is 23.2 Å². The smallest absolute Gasteiger partial charge is 0.274 e. The Hall–Kier alpha value is -3.34. The molecular formula is C24H25Cl2N5O4S. The summed E-state index contributed by atoms with van der Waals surface area (Å²) in [5, 5.41) is 11.8. The van der Waals surface area contributed by atoms with Gasteiger partial charge in [0.05, 0.1) is 28.5 Å². The zero-order chi connectivity index (χ0) is 26.6. The molecule has 190 valence electrons. The molecule has 4 N–H and O–H groups in total. The molecule has 1 aromatic heterocycles. The Morgan fingerprint density at radius 2 is 1.83 bits per heavy atom. The minimum absolute atomic E-state index is 0.173. The topological polar surface area (TPSA) is 140 Å². The van der Waals surface area contributed by atoms with E-state index in [0.717, 1.165) is 0 Å². The van der Waals surface area contributed by atoms with Crippen LogP contribution in [-0.4, -0.2) is 40.4 Å². The first-order chi connectivity index (χ1) is 16.9. The normalized spacial score (nSPS) is 11.9. The van der Waals surface area contributed by atoms with Crippen LogP contribution in [0.3, 0.4) is 0 Å². The van der Waals surface area contributed by atoms with E-state index in [1.807, 2.05) is 0 Å². The third-order valence-electron chi connectivity index (χ3n) is 4.89. The molecular weight excluding hydrogens is 525 g/mol. The van der Waals surface area contributed by atoms with Crippen LogP contribution in [0.4, 0.5) is 17.1 Å². The number of nitrogen functional groups attached to an aromatic ring is 1. The van der Waals surface area contributed by atoms with Gasteiger partial charge in [0.2, 0.25) is 0 Å². The first-order valence-electron chi connectivity index (χ1n) is 10.5. The number of pyridine rings is 1. The average molecular weight is 550 g/mol. The minimum Gasteiger partial charge on any atom is -0.494 e. The molecule has 9 nitrogen and oxygen atoms in total. The largest absolute Gasteiger partial charge is 0.494 e. The van der Waals surface area contributed by atoms with Gasteiger partial charge in [-0.15, -0.1) is 0 Å². The standard InChI is InChI=1S/C24H25Cl2N5O4S/c1-13(22-17(25)11-29-12-18(22)26)35-15-6-7-19(27)16(10-15)23(28)24(32)30-20-8-5-14(9-21(20)34-2)31-36(3,4)33/h5-13,28H,27H2,1-4H3,(H,30,32). The molecule has 0 aliphatic carbocycles. The van der Waals surface area contributed by atoms with Gasteiger partial charge in [-0.2, -0.15) is 4.36 Å². The molecule has 0 aliphatic heterocycles. The van der Waals surface area contributed by atoms with Crippen molar-refractivity contribution in [2.75, 3.05) is 30.7 Å². The van der Waals surface area contributed by atoms with E-state index in [1.54, 1.807) is 37.3 Å². The monoisotopic (exact) mass is 549 g/mol. The number of carbonyl (C=O) groups excluding carboxylic acids is 1. The van der Waals surface area contributed by atoms with Crippen LogP contribution >= 0.6 is 23.2 Å². The van der Waals surface area contributed by atoms with Gasteiger partial charge in [-0.05, 0) is 37.3 Å². The second kappa shape index (κ2) is 11.2. The Labute approximate surface area is 219 Å². The van der Waals surface area contributed by atoms with Crippen molar-refractivity contribution in [3.63, 3.8) is 0 Å². The summed E-state index contributed by atoms with van der Waals surface area (Å²) in [5.74, 6) is -0.0598. The Balaban J connectivity index is 1.82. The molecule has 0 saturated carbocycles. The Morgan fingerprint density at radius 1 is 1.17 bits per heavy atom. The number of halogens is 2. The van der Waals surface area contributed by atoms with Crippen molar-refractivity contribution in [1.29, 1.82) is 5.41 Å². The summed E-state index contributed by atoms with van der Waals surface area (Å²) in [6.45, 7) is 1.76. The van der Waals surface area contributed by atoms with Crippen molar-refractivity contribution < 1.29 is 18.5 Å². The summed E-state index contributed by atoms with van der Waals surface area (Å²) < 4.78 is 27.4. The molecule has 36 heavy (non-hydrogen) atoms. The average Bonchev–Trinajstić information content (AvgIpc) is 2.79. The molecule has 0 spiro atoms. The quantitative estimate of drug-likeness (QED) is 0.251. The molecule has 1 unspecified atom stereocenters. The Morgan fingerprint density at radius 3 is 2.44 bits per heavy atom. The van der Waals surface area contributed by atoms with Gasteiger partial charge in [-0.3, -0.25) is 15.2 Å². The van der Waals surface area contributed by atoms with Crippen LogP contribution in [0.1, 0.15) is 24.2 Å². The number of hydrogen-bond acceptors (Lipinski definition) is 8. The van der Waals surface area contributed by atoms with Gasteiger partial charge in [-0.25, -0.2) is 4.21 Å². The maximum absolute atomic E-state index is 12.9. The fourth-order valence-corrected chi connectivity index (χ4v) is 4.59. The molecule has 0 saturated heterocycles. The van der Waals surface area contributed by atoms with Gasteiger partial charge >= 0.3 is 0 Å². The van der Waals surface area contributed by atoms with E-state index >= 15 is 0 Å². The third kappa shape index (κ3) is 6.66. The van der Waals surface area contributed by atoms with Crippen LogP contribution in [0.5, 0.6) is 11.5 Å². The number of methoxy groups -OCH3 is 1. The van der Waals surface area contributed by atoms with E-state index in [2.05, 4.69) is 14.7 Å². The van der Waals surface area contributed by atoms with Crippen molar-refractivity contribution >= 4 is 61.6 Å². The summed E-state index contributed by atoms with van der Waals surface area (Å²) in [5.41, 5.74) is 7.37. The Bertz CT molecular complexity index is 1430. The molecule has 3 rings (SSSR count). The van der Waals surface area contributed by atoms with Crippen LogP contribution in [-0.2, 0) is 14.5 Å². The third-order valence-corrected chi connectivity index (χ3v) is 6.14. The van der Waals surface area contributed by atoms with E-state index in [9.17, 15) is 9.00 Å². The first-order valence-corrected chi connectivity index (χ1v) is 13.6. The molecule has 0 radical (unpaired) electrons. The van der Waals surface area contributed by atoms with Crippen molar-refractivity contribution in [3.8, 4) is 11.5 Å². The van der Waals surface area contributed by atoms with E-state index < -0.39 is 21.7 Å². The highest BCUT2D eigenvalue weighted by atomic mass is 35.5. The van der Waals surface area contributed by atoms with Crippen molar-refractivity contribution in [1.82, 2.24) is 4.98 Å². The van der Waals surface area contributed by atoms with Gasteiger partial charge < -0.3 is 20.5 Å². The Kier molecular flexibility index (Phi) is 8.44. The summed E-state index contributed by atoms with van der Waals surface area (Å²) in [6, 6.07) is 9.35. The number of nitrogens with one attached hydrogen (secondary N) is 2. The summed E-state index contributed by atoms with van der Waals surface area (Å²) in [6.07, 6.45) is 5.42.